The van der Waals surface area contributed by atoms with Crippen LogP contribution in [0.15, 0.2) is 42.2 Å². The number of carbonyl (C=O) groups excluding carboxylic acids is 1. The minimum Gasteiger partial charge on any atom is -0.489 e. The third-order valence-electron chi connectivity index (χ3n) is 4.02. The number of nitrogens with two attached hydrogens (primary N) is 1. The second-order valence-corrected chi connectivity index (χ2v) is 5.72. The SMILES string of the molecule is NC/C(=C\F)COc1ccc2nc(C(=O)N3CCOCC3)ccc2c1. The molecule has 25 heavy (non-hydrogen) atoms. The van der Waals surface area contributed by atoms with Crippen LogP contribution in [-0.2, 0) is 4.74 Å². The second kappa shape index (κ2) is 8.04. The molecule has 0 saturated carbocycles. The van der Waals surface area contributed by atoms with Crippen molar-refractivity contribution in [2.45, 2.75) is 0 Å². The van der Waals surface area contributed by atoms with E-state index in [4.69, 9.17) is 15.2 Å². The number of nitrogens with zero attached hydrogens (tertiary/aromatic N) is 2. The molecule has 1 aromatic carbocycles. The molecule has 2 aromatic rings. The first kappa shape index (κ1) is 17.3. The van der Waals surface area contributed by atoms with Gasteiger partial charge in [0.05, 0.1) is 25.1 Å². The van der Waals surface area contributed by atoms with Gasteiger partial charge >= 0.3 is 0 Å². The van der Waals surface area contributed by atoms with Crippen LogP contribution in [0.25, 0.3) is 10.9 Å². The molecule has 6 nitrogen and oxygen atoms in total. The summed E-state index contributed by atoms with van der Waals surface area (Å²) < 4.78 is 23.3. The van der Waals surface area contributed by atoms with Gasteiger partial charge in [0.1, 0.15) is 18.1 Å². The zero-order valence-corrected chi connectivity index (χ0v) is 13.8. The first-order valence-corrected chi connectivity index (χ1v) is 8.10. The Morgan fingerprint density at radius 3 is 2.84 bits per heavy atom. The summed E-state index contributed by atoms with van der Waals surface area (Å²) in [6.07, 6.45) is 0.464. The molecule has 2 heterocycles. The van der Waals surface area contributed by atoms with Gasteiger partial charge in [-0.25, -0.2) is 9.37 Å². The fourth-order valence-corrected chi connectivity index (χ4v) is 2.55. The first-order valence-electron chi connectivity index (χ1n) is 8.10. The highest BCUT2D eigenvalue weighted by atomic mass is 19.1. The van der Waals surface area contributed by atoms with E-state index in [2.05, 4.69) is 4.98 Å². The van der Waals surface area contributed by atoms with Crippen LogP contribution in [0.4, 0.5) is 4.39 Å². The molecule has 1 saturated heterocycles. The zero-order valence-electron chi connectivity index (χ0n) is 13.8. The Bertz CT molecular complexity index is 788. The largest absolute Gasteiger partial charge is 0.489 e. The number of fused-ring (bicyclic) bond motifs is 1. The van der Waals surface area contributed by atoms with Crippen LogP contribution in [-0.4, -0.2) is 55.2 Å². The first-order chi connectivity index (χ1) is 12.2. The van der Waals surface area contributed by atoms with E-state index in [-0.39, 0.29) is 19.1 Å². The van der Waals surface area contributed by atoms with E-state index in [1.807, 2.05) is 6.07 Å². The van der Waals surface area contributed by atoms with Gasteiger partial charge in [-0.2, -0.15) is 0 Å². The molecule has 1 aliphatic rings. The summed E-state index contributed by atoms with van der Waals surface area (Å²) in [5, 5.41) is 0.842. The topological polar surface area (TPSA) is 77.7 Å². The maximum Gasteiger partial charge on any atom is 0.272 e. The lowest BCUT2D eigenvalue weighted by molar-refractivity contribution is 0.0299. The van der Waals surface area contributed by atoms with Crippen molar-refractivity contribution in [2.24, 2.45) is 5.73 Å². The monoisotopic (exact) mass is 345 g/mol. The summed E-state index contributed by atoms with van der Waals surface area (Å²) in [4.78, 5) is 18.7. The standard InChI is InChI=1S/C18H20FN3O3/c19-10-13(11-20)12-25-15-2-4-16-14(9-15)1-3-17(21-16)18(23)22-5-7-24-8-6-22/h1-4,9-10H,5-8,11-12,20H2/b13-10+. The van der Waals surface area contributed by atoms with Gasteiger partial charge in [-0.3, -0.25) is 4.79 Å². The number of ether oxygens (including phenoxy) is 2. The lowest BCUT2D eigenvalue weighted by Crippen LogP contribution is -2.41. The minimum atomic E-state index is -0.0915. The Hall–Kier alpha value is -2.51. The predicted octanol–water partition coefficient (Wildman–Crippen LogP) is 1.90. The van der Waals surface area contributed by atoms with Crippen molar-refractivity contribution < 1.29 is 18.7 Å². The Labute approximate surface area is 145 Å². The van der Waals surface area contributed by atoms with Crippen LogP contribution in [0.1, 0.15) is 10.5 Å². The highest BCUT2D eigenvalue weighted by molar-refractivity contribution is 5.95. The van der Waals surface area contributed by atoms with E-state index in [1.165, 1.54) is 0 Å². The number of rotatable bonds is 5. The quantitative estimate of drug-likeness (QED) is 0.895. The Morgan fingerprint density at radius 1 is 1.32 bits per heavy atom. The van der Waals surface area contributed by atoms with Crippen LogP contribution in [0, 0.1) is 0 Å². The smallest absolute Gasteiger partial charge is 0.272 e. The van der Waals surface area contributed by atoms with E-state index >= 15 is 0 Å². The van der Waals surface area contributed by atoms with Gasteiger partial charge in [0.25, 0.3) is 5.91 Å². The van der Waals surface area contributed by atoms with E-state index < -0.39 is 0 Å². The molecule has 0 spiro atoms. The molecule has 3 rings (SSSR count). The molecule has 1 amide bonds. The van der Waals surface area contributed by atoms with Crippen molar-refractivity contribution >= 4 is 16.8 Å². The second-order valence-electron chi connectivity index (χ2n) is 5.72. The molecule has 1 aliphatic heterocycles. The molecule has 0 atom stereocenters. The predicted molar refractivity (Wildman–Crippen MR) is 92.2 cm³/mol. The van der Waals surface area contributed by atoms with Gasteiger partial charge in [-0.15, -0.1) is 0 Å². The van der Waals surface area contributed by atoms with E-state index in [0.29, 0.717) is 55.2 Å². The summed E-state index contributed by atoms with van der Waals surface area (Å²) >= 11 is 0. The molecule has 132 valence electrons. The van der Waals surface area contributed by atoms with Crippen molar-refractivity contribution in [2.75, 3.05) is 39.5 Å². The molecular weight excluding hydrogens is 325 g/mol. The Kier molecular flexibility index (Phi) is 5.57. The molecule has 0 radical (unpaired) electrons. The van der Waals surface area contributed by atoms with Gasteiger partial charge in [-0.1, -0.05) is 6.07 Å². The van der Waals surface area contributed by atoms with E-state index in [0.717, 1.165) is 5.39 Å². The van der Waals surface area contributed by atoms with Crippen molar-refractivity contribution in [1.82, 2.24) is 9.88 Å². The van der Waals surface area contributed by atoms with Gasteiger partial charge in [0.2, 0.25) is 0 Å². The zero-order chi connectivity index (χ0) is 17.6. The van der Waals surface area contributed by atoms with Crippen molar-refractivity contribution in [3.8, 4) is 5.75 Å². The number of hydrogen-bond donors (Lipinski definition) is 1. The minimum absolute atomic E-state index is 0.0915. The molecule has 1 aromatic heterocycles. The number of morpholine rings is 1. The number of hydrogen-bond acceptors (Lipinski definition) is 5. The molecular formula is C18H20FN3O3. The Morgan fingerprint density at radius 2 is 2.12 bits per heavy atom. The summed E-state index contributed by atoms with van der Waals surface area (Å²) in [5.74, 6) is 0.501. The Balaban J connectivity index is 1.75. The average molecular weight is 345 g/mol. The number of benzene rings is 1. The van der Waals surface area contributed by atoms with Crippen molar-refractivity contribution in [3.63, 3.8) is 0 Å². The van der Waals surface area contributed by atoms with Crippen LogP contribution in [0.2, 0.25) is 0 Å². The fourth-order valence-electron chi connectivity index (χ4n) is 2.55. The molecule has 7 heteroatoms. The van der Waals surface area contributed by atoms with Crippen molar-refractivity contribution in [1.29, 1.82) is 0 Å². The van der Waals surface area contributed by atoms with Crippen molar-refractivity contribution in [3.05, 3.63) is 47.9 Å². The summed E-state index contributed by atoms with van der Waals surface area (Å²) in [7, 11) is 0. The number of carbonyl (C=O) groups is 1. The van der Waals surface area contributed by atoms with Gasteiger partial charge in [-0.05, 0) is 24.3 Å². The molecule has 0 aliphatic carbocycles. The third kappa shape index (κ3) is 4.12. The lowest BCUT2D eigenvalue weighted by Gasteiger charge is -2.26. The molecule has 2 N–H and O–H groups in total. The highest BCUT2D eigenvalue weighted by Gasteiger charge is 2.19. The van der Waals surface area contributed by atoms with Gasteiger partial charge in [0.15, 0.2) is 0 Å². The normalized spacial score (nSPS) is 15.4. The molecule has 0 bridgehead atoms. The maximum absolute atomic E-state index is 12.5. The maximum atomic E-state index is 12.5. The summed E-state index contributed by atoms with van der Waals surface area (Å²) in [5.41, 5.74) is 6.89. The summed E-state index contributed by atoms with van der Waals surface area (Å²) in [6.45, 7) is 2.47. The number of aromatic nitrogens is 1. The lowest BCUT2D eigenvalue weighted by atomic mass is 10.2. The average Bonchev–Trinajstić information content (AvgIpc) is 2.68. The van der Waals surface area contributed by atoms with E-state index in [9.17, 15) is 9.18 Å². The number of amides is 1. The molecule has 0 unspecified atom stereocenters. The number of pyridine rings is 1. The van der Waals surface area contributed by atoms with Crippen LogP contribution in [0.3, 0.4) is 0 Å². The fraction of sp³-hybridized carbons (Fsp3) is 0.333. The van der Waals surface area contributed by atoms with Crippen LogP contribution < -0.4 is 10.5 Å². The van der Waals surface area contributed by atoms with E-state index in [1.54, 1.807) is 29.2 Å². The third-order valence-corrected chi connectivity index (χ3v) is 4.02. The van der Waals surface area contributed by atoms with Crippen LogP contribution >= 0.6 is 0 Å². The van der Waals surface area contributed by atoms with Gasteiger partial charge < -0.3 is 20.1 Å². The molecule has 1 fully saturated rings. The van der Waals surface area contributed by atoms with Gasteiger partial charge in [0, 0.05) is 30.6 Å². The number of halogens is 1. The van der Waals surface area contributed by atoms with Crippen LogP contribution in [0.5, 0.6) is 5.75 Å². The summed E-state index contributed by atoms with van der Waals surface area (Å²) in [6, 6.07) is 8.86. The highest BCUT2D eigenvalue weighted by Crippen LogP contribution is 2.21.